The molecule has 42 heavy (non-hydrogen) atoms. The van der Waals surface area contributed by atoms with E-state index in [4.69, 9.17) is 9.15 Å². The molecule has 0 unspecified atom stereocenters. The number of fused-ring (bicyclic) bond motifs is 2. The molecule has 3 aromatic heterocycles. The van der Waals surface area contributed by atoms with E-state index in [1.165, 1.54) is 6.92 Å². The number of aromatic carboxylic acids is 1. The summed E-state index contributed by atoms with van der Waals surface area (Å²) >= 11 is 0. The zero-order chi connectivity index (χ0) is 30.0. The van der Waals surface area contributed by atoms with Crippen LogP contribution in [0.4, 0.5) is 0 Å². The molecule has 3 heterocycles. The van der Waals surface area contributed by atoms with Crippen molar-refractivity contribution < 1.29 is 28.6 Å². The third-order valence-electron chi connectivity index (χ3n) is 7.15. The number of para-hydroxylation sites is 2. The molecule has 5 rings (SSSR count). The molecule has 5 aromatic rings. The zero-order valence-corrected chi connectivity index (χ0v) is 23.8. The largest absolute Gasteiger partial charge is 0.476 e. The second-order valence-electron chi connectivity index (χ2n) is 10.7. The van der Waals surface area contributed by atoms with Crippen LogP contribution >= 0.6 is 0 Å². The Morgan fingerprint density at radius 3 is 2.57 bits per heavy atom. The Morgan fingerprint density at radius 1 is 1.10 bits per heavy atom. The Balaban J connectivity index is 1.38. The van der Waals surface area contributed by atoms with Gasteiger partial charge in [0.25, 0.3) is 5.91 Å². The molecular weight excluding hydrogens is 536 g/mol. The first-order chi connectivity index (χ1) is 20.1. The number of hydrogen-bond donors (Lipinski definition) is 2. The highest BCUT2D eigenvalue weighted by molar-refractivity contribution is 5.87. The zero-order valence-electron chi connectivity index (χ0n) is 23.8. The lowest BCUT2D eigenvalue weighted by molar-refractivity contribution is -0.158. The maximum absolute atomic E-state index is 13.6. The first-order valence-corrected chi connectivity index (χ1v) is 13.7. The predicted octanol–water partition coefficient (Wildman–Crippen LogP) is 4.93. The molecule has 2 N–H and O–H groups in total. The van der Waals surface area contributed by atoms with Gasteiger partial charge in [0.1, 0.15) is 11.8 Å². The number of benzene rings is 2. The fourth-order valence-corrected chi connectivity index (χ4v) is 5.08. The van der Waals surface area contributed by atoms with Crippen molar-refractivity contribution in [3.63, 3.8) is 0 Å². The van der Waals surface area contributed by atoms with Crippen LogP contribution in [0.15, 0.2) is 71.4 Å². The van der Waals surface area contributed by atoms with Gasteiger partial charge in [-0.3, -0.25) is 14.6 Å². The van der Waals surface area contributed by atoms with Gasteiger partial charge in [-0.15, -0.1) is 0 Å². The van der Waals surface area contributed by atoms with E-state index in [0.717, 1.165) is 27.4 Å². The van der Waals surface area contributed by atoms with Crippen LogP contribution in [0.25, 0.3) is 21.8 Å². The van der Waals surface area contributed by atoms with E-state index >= 15 is 0 Å². The molecule has 0 aliphatic rings. The summed E-state index contributed by atoms with van der Waals surface area (Å²) in [6, 6.07) is 16.5. The number of amides is 1. The molecule has 216 valence electrons. The normalized spacial score (nSPS) is 12.9. The number of nitrogens with one attached hydrogen (secondary N) is 1. The monoisotopic (exact) mass is 568 g/mol. The standard InChI is InChI=1S/C32H32N4O6/c1-18(2)29(42-27(37)14-20-13-21-9-5-7-11-24(21)33-16-20)30(38)34-25(31-35-28(32(39)40)19(3)41-31)15-22-17-36(4)26-12-8-6-10-23(22)26/h5-13,16-18,25,29H,14-15H2,1-4H3,(H,34,38)(H,39,40)/t25-,29+/m1/s1. The molecular formula is C32H32N4O6. The van der Waals surface area contributed by atoms with Crippen LogP contribution in [0.5, 0.6) is 0 Å². The maximum atomic E-state index is 13.6. The van der Waals surface area contributed by atoms with Crippen LogP contribution < -0.4 is 5.32 Å². The average Bonchev–Trinajstić information content (AvgIpc) is 3.50. The van der Waals surface area contributed by atoms with Crippen LogP contribution in [-0.2, 0) is 34.2 Å². The van der Waals surface area contributed by atoms with Crippen molar-refractivity contribution in [3.05, 3.63) is 95.5 Å². The minimum absolute atomic E-state index is 0.0470. The van der Waals surface area contributed by atoms with Crippen LogP contribution in [0, 0.1) is 12.8 Å². The summed E-state index contributed by atoms with van der Waals surface area (Å²) in [6.07, 6.45) is 2.70. The van der Waals surface area contributed by atoms with Crippen molar-refractivity contribution in [2.45, 2.75) is 45.8 Å². The number of esters is 1. The second kappa shape index (κ2) is 11.9. The van der Waals surface area contributed by atoms with Gasteiger partial charge < -0.3 is 24.1 Å². The number of nitrogens with zero attached hydrogens (tertiary/aromatic N) is 3. The summed E-state index contributed by atoms with van der Waals surface area (Å²) in [5.41, 5.74) is 3.18. The molecule has 2 aromatic carbocycles. The number of carboxylic acids is 1. The Kier molecular flexibility index (Phi) is 8.06. The number of ether oxygens (including phenoxy) is 1. The summed E-state index contributed by atoms with van der Waals surface area (Å²) in [6.45, 7) is 5.08. The minimum atomic E-state index is -1.23. The lowest BCUT2D eigenvalue weighted by Crippen LogP contribution is -2.43. The fourth-order valence-electron chi connectivity index (χ4n) is 5.08. The lowest BCUT2D eigenvalue weighted by Gasteiger charge is -2.23. The first-order valence-electron chi connectivity index (χ1n) is 13.7. The van der Waals surface area contributed by atoms with Crippen molar-refractivity contribution in [1.82, 2.24) is 19.9 Å². The Hall–Kier alpha value is -4.99. The predicted molar refractivity (Wildman–Crippen MR) is 156 cm³/mol. The van der Waals surface area contributed by atoms with Crippen molar-refractivity contribution in [3.8, 4) is 0 Å². The highest BCUT2D eigenvalue weighted by Crippen LogP contribution is 2.27. The number of carboxylic acid groups (broad SMARTS) is 1. The summed E-state index contributed by atoms with van der Waals surface area (Å²) in [7, 11) is 1.93. The molecule has 0 spiro atoms. The summed E-state index contributed by atoms with van der Waals surface area (Å²) in [5, 5.41) is 14.3. The molecule has 0 saturated heterocycles. The van der Waals surface area contributed by atoms with E-state index in [1.54, 1.807) is 20.0 Å². The van der Waals surface area contributed by atoms with Crippen molar-refractivity contribution in [2.24, 2.45) is 13.0 Å². The highest BCUT2D eigenvalue weighted by Gasteiger charge is 2.32. The van der Waals surface area contributed by atoms with E-state index in [9.17, 15) is 19.5 Å². The van der Waals surface area contributed by atoms with Crippen LogP contribution in [-0.4, -0.2) is 43.6 Å². The molecule has 0 radical (unpaired) electrons. The quantitative estimate of drug-likeness (QED) is 0.226. The average molecular weight is 569 g/mol. The number of oxazole rings is 1. The second-order valence-corrected chi connectivity index (χ2v) is 10.7. The SMILES string of the molecule is Cc1oc([C@@H](Cc2cn(C)c3ccccc23)NC(=O)[C@@H](OC(=O)Cc2cnc3ccccc3c2)C(C)C)nc1C(=O)O. The molecule has 0 aliphatic carbocycles. The fraction of sp³-hybridized carbons (Fsp3) is 0.281. The van der Waals surface area contributed by atoms with E-state index in [2.05, 4.69) is 15.3 Å². The van der Waals surface area contributed by atoms with E-state index < -0.39 is 30.0 Å². The number of carbonyl (C=O) groups excluding carboxylic acids is 2. The summed E-state index contributed by atoms with van der Waals surface area (Å²) in [5.74, 6) is -2.48. The number of rotatable bonds is 10. The van der Waals surface area contributed by atoms with Crippen molar-refractivity contribution >= 4 is 39.7 Å². The van der Waals surface area contributed by atoms with Crippen molar-refractivity contribution in [2.75, 3.05) is 0 Å². The molecule has 10 nitrogen and oxygen atoms in total. The van der Waals surface area contributed by atoms with Crippen molar-refractivity contribution in [1.29, 1.82) is 0 Å². The minimum Gasteiger partial charge on any atom is -0.476 e. The number of hydrogen-bond acceptors (Lipinski definition) is 7. The van der Waals surface area contributed by atoms with Crippen LogP contribution in [0.1, 0.15) is 53.2 Å². The van der Waals surface area contributed by atoms with E-state index in [0.29, 0.717) is 5.56 Å². The molecule has 2 atom stereocenters. The van der Waals surface area contributed by atoms with Gasteiger partial charge in [0.05, 0.1) is 11.9 Å². The third kappa shape index (κ3) is 6.02. The maximum Gasteiger partial charge on any atom is 0.358 e. The van der Waals surface area contributed by atoms with Gasteiger partial charge in [0, 0.05) is 42.2 Å². The Labute approximate surface area is 242 Å². The van der Waals surface area contributed by atoms with Crippen LogP contribution in [0.2, 0.25) is 0 Å². The lowest BCUT2D eigenvalue weighted by atomic mass is 10.0. The molecule has 0 aliphatic heterocycles. The van der Waals surface area contributed by atoms with E-state index in [-0.39, 0.29) is 36.1 Å². The van der Waals surface area contributed by atoms with Gasteiger partial charge in [-0.25, -0.2) is 9.78 Å². The van der Waals surface area contributed by atoms with E-state index in [1.807, 2.05) is 72.4 Å². The Morgan fingerprint density at radius 2 is 1.83 bits per heavy atom. The smallest absolute Gasteiger partial charge is 0.358 e. The molecule has 10 heteroatoms. The molecule has 0 bridgehead atoms. The summed E-state index contributed by atoms with van der Waals surface area (Å²) in [4.78, 5) is 46.8. The molecule has 1 amide bonds. The number of aryl methyl sites for hydroxylation is 2. The first kappa shape index (κ1) is 28.5. The number of carbonyl (C=O) groups is 3. The molecule has 0 saturated carbocycles. The Bertz CT molecular complexity index is 1790. The van der Waals surface area contributed by atoms with Gasteiger partial charge in [-0.1, -0.05) is 50.2 Å². The van der Waals surface area contributed by atoms with Gasteiger partial charge in [0.15, 0.2) is 11.8 Å². The molecule has 0 fully saturated rings. The highest BCUT2D eigenvalue weighted by atomic mass is 16.5. The van der Waals surface area contributed by atoms with Gasteiger partial charge >= 0.3 is 11.9 Å². The number of aromatic nitrogens is 3. The van der Waals surface area contributed by atoms with Gasteiger partial charge in [0.2, 0.25) is 5.89 Å². The van der Waals surface area contributed by atoms with Gasteiger partial charge in [-0.05, 0) is 42.2 Å². The summed E-state index contributed by atoms with van der Waals surface area (Å²) < 4.78 is 13.4. The number of pyridine rings is 1. The van der Waals surface area contributed by atoms with Crippen LogP contribution in [0.3, 0.4) is 0 Å². The van der Waals surface area contributed by atoms with Gasteiger partial charge in [-0.2, -0.15) is 0 Å². The third-order valence-corrected chi connectivity index (χ3v) is 7.15. The topological polar surface area (TPSA) is 137 Å².